The van der Waals surface area contributed by atoms with Gasteiger partial charge in [0.15, 0.2) is 0 Å². The SMILES string of the molecule is CC(=O)OC[Si](C)(C)N=C=O. The smallest absolute Gasteiger partial charge is 0.302 e. The van der Waals surface area contributed by atoms with E-state index in [1.54, 1.807) is 0 Å². The normalized spacial score (nSPS) is 10.1. The van der Waals surface area contributed by atoms with E-state index in [0.29, 0.717) is 0 Å². The van der Waals surface area contributed by atoms with Gasteiger partial charge in [0.2, 0.25) is 14.3 Å². The first-order valence-corrected chi connectivity index (χ1v) is 6.36. The van der Waals surface area contributed by atoms with Crippen molar-refractivity contribution in [2.24, 2.45) is 4.66 Å². The second-order valence-electron chi connectivity index (χ2n) is 2.80. The lowest BCUT2D eigenvalue weighted by Crippen LogP contribution is -2.31. The molecule has 0 rings (SSSR count). The lowest BCUT2D eigenvalue weighted by molar-refractivity contribution is -0.139. The minimum Gasteiger partial charge on any atom is -0.467 e. The van der Waals surface area contributed by atoms with Crippen molar-refractivity contribution in [3.8, 4) is 0 Å². The third kappa shape index (κ3) is 5.51. The Bertz CT molecular complexity index is 196. The lowest BCUT2D eigenvalue weighted by Gasteiger charge is -2.12. The fourth-order valence-electron chi connectivity index (χ4n) is 0.434. The molecule has 0 amide bonds. The molecule has 0 aromatic rings. The van der Waals surface area contributed by atoms with E-state index in [-0.39, 0.29) is 12.2 Å². The molecule has 0 unspecified atom stereocenters. The second kappa shape index (κ2) is 4.05. The Labute approximate surface area is 66.4 Å². The highest BCUT2D eigenvalue weighted by atomic mass is 28.3. The van der Waals surface area contributed by atoms with Crippen LogP contribution in [0.4, 0.5) is 0 Å². The molecule has 0 saturated heterocycles. The van der Waals surface area contributed by atoms with E-state index < -0.39 is 8.24 Å². The third-order valence-corrected chi connectivity index (χ3v) is 2.52. The molecule has 0 saturated carbocycles. The largest absolute Gasteiger partial charge is 0.467 e. The van der Waals surface area contributed by atoms with E-state index >= 15 is 0 Å². The van der Waals surface area contributed by atoms with Crippen LogP contribution in [0.1, 0.15) is 6.92 Å². The Morgan fingerprint density at radius 3 is 2.55 bits per heavy atom. The summed E-state index contributed by atoms with van der Waals surface area (Å²) in [4.78, 5) is 20.2. The van der Waals surface area contributed by atoms with Crippen LogP contribution in [0.3, 0.4) is 0 Å². The highest BCUT2D eigenvalue weighted by Crippen LogP contribution is 2.02. The summed E-state index contributed by atoms with van der Waals surface area (Å²) in [5.41, 5.74) is 0. The molecule has 0 atom stereocenters. The molecular formula is C6H11NO3Si. The van der Waals surface area contributed by atoms with Crippen molar-refractivity contribution in [2.45, 2.75) is 20.0 Å². The zero-order chi connectivity index (χ0) is 8.91. The summed E-state index contributed by atoms with van der Waals surface area (Å²) in [6.45, 7) is 4.97. The van der Waals surface area contributed by atoms with E-state index in [2.05, 4.69) is 4.66 Å². The topological polar surface area (TPSA) is 55.7 Å². The van der Waals surface area contributed by atoms with Crippen molar-refractivity contribution in [2.75, 3.05) is 6.23 Å². The molecule has 0 radical (unpaired) electrons. The number of carbonyl (C=O) groups excluding carboxylic acids is 2. The van der Waals surface area contributed by atoms with E-state index in [1.807, 2.05) is 13.1 Å². The Kier molecular flexibility index (Phi) is 3.71. The highest BCUT2D eigenvalue weighted by molar-refractivity contribution is 6.76. The highest BCUT2D eigenvalue weighted by Gasteiger charge is 2.22. The van der Waals surface area contributed by atoms with Crippen LogP contribution in [0.15, 0.2) is 4.66 Å². The molecule has 5 heteroatoms. The van der Waals surface area contributed by atoms with Crippen molar-refractivity contribution in [3.05, 3.63) is 0 Å². The van der Waals surface area contributed by atoms with Crippen molar-refractivity contribution in [3.63, 3.8) is 0 Å². The number of rotatable bonds is 3. The van der Waals surface area contributed by atoms with Crippen LogP contribution in [0.2, 0.25) is 13.1 Å². The maximum Gasteiger partial charge on any atom is 0.302 e. The fraction of sp³-hybridized carbons (Fsp3) is 0.667. The number of hydrogen-bond donors (Lipinski definition) is 0. The van der Waals surface area contributed by atoms with Gasteiger partial charge in [0, 0.05) is 6.92 Å². The van der Waals surface area contributed by atoms with Gasteiger partial charge in [0.1, 0.15) is 6.23 Å². The van der Waals surface area contributed by atoms with Crippen LogP contribution in [0.5, 0.6) is 0 Å². The van der Waals surface area contributed by atoms with Gasteiger partial charge in [0.25, 0.3) is 0 Å². The van der Waals surface area contributed by atoms with E-state index in [1.165, 1.54) is 13.0 Å². The average molecular weight is 173 g/mol. The number of isocyanates is 1. The number of ether oxygens (including phenoxy) is 1. The average Bonchev–Trinajstić information content (AvgIpc) is 1.84. The van der Waals surface area contributed by atoms with Crippen LogP contribution < -0.4 is 0 Å². The quantitative estimate of drug-likeness (QED) is 0.272. The van der Waals surface area contributed by atoms with Crippen molar-refractivity contribution in [1.82, 2.24) is 0 Å². The first-order valence-electron chi connectivity index (χ1n) is 3.20. The molecule has 0 bridgehead atoms. The van der Waals surface area contributed by atoms with Gasteiger partial charge >= 0.3 is 5.97 Å². The maximum atomic E-state index is 10.4. The molecule has 62 valence electrons. The summed E-state index contributed by atoms with van der Waals surface area (Å²) in [5.74, 6) is -0.341. The summed E-state index contributed by atoms with van der Waals surface area (Å²) in [5, 5.41) is 0. The summed E-state index contributed by atoms with van der Waals surface area (Å²) in [6.07, 6.45) is 1.72. The molecule has 0 heterocycles. The third-order valence-electron chi connectivity index (χ3n) is 0.977. The summed E-state index contributed by atoms with van der Waals surface area (Å²) in [7, 11) is -2.01. The van der Waals surface area contributed by atoms with Gasteiger partial charge < -0.3 is 4.74 Å². The summed E-state index contributed by atoms with van der Waals surface area (Å²) >= 11 is 0. The van der Waals surface area contributed by atoms with Crippen molar-refractivity contribution in [1.29, 1.82) is 0 Å². The van der Waals surface area contributed by atoms with Crippen LogP contribution in [0, 0.1) is 0 Å². The summed E-state index contributed by atoms with van der Waals surface area (Å²) < 4.78 is 8.29. The van der Waals surface area contributed by atoms with Crippen LogP contribution >= 0.6 is 0 Å². The first kappa shape index (κ1) is 10.1. The summed E-state index contributed by atoms with van der Waals surface area (Å²) in [6, 6.07) is 0. The first-order chi connectivity index (χ1) is 4.98. The minimum atomic E-state index is -2.01. The van der Waals surface area contributed by atoms with Crippen molar-refractivity contribution >= 4 is 20.3 Å². The number of nitrogens with zero attached hydrogens (tertiary/aromatic N) is 1. The van der Waals surface area contributed by atoms with Gasteiger partial charge in [-0.05, 0) is 13.1 Å². The van der Waals surface area contributed by atoms with Crippen LogP contribution in [-0.2, 0) is 14.3 Å². The number of carbonyl (C=O) groups is 1. The molecule has 0 spiro atoms. The minimum absolute atomic E-state index is 0.248. The Morgan fingerprint density at radius 1 is 1.64 bits per heavy atom. The van der Waals surface area contributed by atoms with E-state index in [9.17, 15) is 9.59 Å². The molecule has 4 nitrogen and oxygen atoms in total. The van der Waals surface area contributed by atoms with Gasteiger partial charge in [-0.15, -0.1) is 0 Å². The van der Waals surface area contributed by atoms with Crippen molar-refractivity contribution < 1.29 is 14.3 Å². The van der Waals surface area contributed by atoms with Crippen LogP contribution in [0.25, 0.3) is 0 Å². The Balaban J connectivity index is 3.91. The lowest BCUT2D eigenvalue weighted by atomic mass is 10.8. The predicted molar refractivity (Wildman–Crippen MR) is 42.2 cm³/mol. The molecule has 0 N–H and O–H groups in total. The van der Waals surface area contributed by atoms with E-state index in [0.717, 1.165) is 0 Å². The van der Waals surface area contributed by atoms with Crippen LogP contribution in [-0.4, -0.2) is 26.5 Å². The Hall–Kier alpha value is -0.933. The second-order valence-corrected chi connectivity index (χ2v) is 6.93. The zero-order valence-electron chi connectivity index (χ0n) is 6.88. The molecule has 0 fully saturated rings. The standard InChI is InChI=1S/C6H11NO3Si/c1-6(9)10-5-11(2,3)7-4-8/h5H2,1-3H3. The maximum absolute atomic E-state index is 10.4. The number of hydrogen-bond acceptors (Lipinski definition) is 4. The van der Waals surface area contributed by atoms with Gasteiger partial charge in [-0.1, -0.05) is 0 Å². The predicted octanol–water partition coefficient (Wildman–Crippen LogP) is 0.630. The fourth-order valence-corrected chi connectivity index (χ4v) is 1.30. The molecule has 0 aromatic carbocycles. The molecule has 0 aliphatic rings. The monoisotopic (exact) mass is 173 g/mol. The molecule has 0 aliphatic carbocycles. The zero-order valence-corrected chi connectivity index (χ0v) is 7.88. The molecule has 0 aromatic heterocycles. The molecule has 11 heavy (non-hydrogen) atoms. The van der Waals surface area contributed by atoms with Gasteiger partial charge in [-0.2, -0.15) is 0 Å². The number of esters is 1. The van der Waals surface area contributed by atoms with Gasteiger partial charge in [-0.25, -0.2) is 9.45 Å². The van der Waals surface area contributed by atoms with E-state index in [4.69, 9.17) is 4.74 Å². The van der Waals surface area contributed by atoms with Gasteiger partial charge in [0.05, 0.1) is 0 Å². The Morgan fingerprint density at radius 2 is 2.18 bits per heavy atom. The molecule has 0 aliphatic heterocycles. The molecular weight excluding hydrogens is 162 g/mol. The van der Waals surface area contributed by atoms with Gasteiger partial charge in [-0.3, -0.25) is 4.79 Å².